The highest BCUT2D eigenvalue weighted by Gasteiger charge is 2.29. The summed E-state index contributed by atoms with van der Waals surface area (Å²) in [5.74, 6) is 1.78. The van der Waals surface area contributed by atoms with Gasteiger partial charge < -0.3 is 19.7 Å². The number of aliphatic imine (C=N–C) groups is 1. The van der Waals surface area contributed by atoms with E-state index in [1.165, 1.54) is 24.8 Å². The SMILES string of the molecule is CCOC(=O)C1CCN(C(=NC)NCC(c2ccccc2OC)N2CCCCC2)CC1. The van der Waals surface area contributed by atoms with Crippen molar-refractivity contribution in [3.05, 3.63) is 29.8 Å². The number of para-hydroxylation sites is 1. The summed E-state index contributed by atoms with van der Waals surface area (Å²) in [4.78, 5) is 21.4. The largest absolute Gasteiger partial charge is 0.496 e. The summed E-state index contributed by atoms with van der Waals surface area (Å²) < 4.78 is 10.9. The first-order chi connectivity index (χ1) is 15.2. The quantitative estimate of drug-likeness (QED) is 0.407. The van der Waals surface area contributed by atoms with E-state index in [9.17, 15) is 4.79 Å². The van der Waals surface area contributed by atoms with Gasteiger partial charge in [0.1, 0.15) is 5.75 Å². The van der Waals surface area contributed by atoms with Gasteiger partial charge in [0, 0.05) is 32.2 Å². The van der Waals surface area contributed by atoms with E-state index in [0.29, 0.717) is 6.61 Å². The molecule has 0 bridgehead atoms. The standard InChI is InChI=1S/C24H38N4O3/c1-4-31-23(29)19-12-16-28(17-13-19)24(25-2)26-18-21(27-14-8-5-9-15-27)20-10-6-7-11-22(20)30-3/h6-7,10-11,19,21H,4-5,8-9,12-18H2,1-3H3,(H,25,26). The smallest absolute Gasteiger partial charge is 0.309 e. The topological polar surface area (TPSA) is 66.4 Å². The van der Waals surface area contributed by atoms with Gasteiger partial charge in [0.05, 0.1) is 25.7 Å². The minimum atomic E-state index is -0.0635. The molecular formula is C24H38N4O3. The van der Waals surface area contributed by atoms with Gasteiger partial charge in [0.25, 0.3) is 0 Å². The summed E-state index contributed by atoms with van der Waals surface area (Å²) >= 11 is 0. The normalized spacial score (nSPS) is 19.7. The van der Waals surface area contributed by atoms with Crippen molar-refractivity contribution in [2.24, 2.45) is 10.9 Å². The number of carbonyl (C=O) groups is 1. The first-order valence-electron chi connectivity index (χ1n) is 11.7. The molecule has 1 atom stereocenters. The lowest BCUT2D eigenvalue weighted by molar-refractivity contribution is -0.149. The van der Waals surface area contributed by atoms with Gasteiger partial charge in [-0.15, -0.1) is 0 Å². The zero-order chi connectivity index (χ0) is 22.1. The van der Waals surface area contributed by atoms with Gasteiger partial charge >= 0.3 is 5.97 Å². The third-order valence-corrected chi connectivity index (χ3v) is 6.41. The lowest BCUT2D eigenvalue weighted by Gasteiger charge is -2.37. The maximum absolute atomic E-state index is 12.0. The van der Waals surface area contributed by atoms with E-state index in [4.69, 9.17) is 9.47 Å². The number of hydrogen-bond acceptors (Lipinski definition) is 5. The number of benzene rings is 1. The number of guanidine groups is 1. The Morgan fingerprint density at radius 1 is 1.16 bits per heavy atom. The fourth-order valence-corrected chi connectivity index (χ4v) is 4.71. The molecular weight excluding hydrogens is 392 g/mol. The molecule has 0 radical (unpaired) electrons. The fraction of sp³-hybridized carbons (Fsp3) is 0.667. The number of rotatable bonds is 7. The van der Waals surface area contributed by atoms with Crippen molar-refractivity contribution in [3.63, 3.8) is 0 Å². The molecule has 7 nitrogen and oxygen atoms in total. The Balaban J connectivity index is 1.65. The second-order valence-corrected chi connectivity index (χ2v) is 8.30. The van der Waals surface area contributed by atoms with Gasteiger partial charge in [0.15, 0.2) is 5.96 Å². The highest BCUT2D eigenvalue weighted by atomic mass is 16.5. The summed E-state index contributed by atoms with van der Waals surface area (Å²) in [6.45, 7) is 6.91. The summed E-state index contributed by atoms with van der Waals surface area (Å²) in [5.41, 5.74) is 1.22. The Kier molecular flexibility index (Phi) is 9.00. The molecule has 2 aliphatic rings. The Morgan fingerprint density at radius 3 is 2.52 bits per heavy atom. The summed E-state index contributed by atoms with van der Waals surface area (Å²) in [6.07, 6.45) is 5.40. The average Bonchev–Trinajstić information content (AvgIpc) is 2.83. The van der Waals surface area contributed by atoms with Gasteiger partial charge in [-0.2, -0.15) is 0 Å². The van der Waals surface area contributed by atoms with E-state index in [-0.39, 0.29) is 17.9 Å². The van der Waals surface area contributed by atoms with Crippen molar-refractivity contribution in [3.8, 4) is 5.75 Å². The lowest BCUT2D eigenvalue weighted by atomic mass is 9.97. The minimum absolute atomic E-state index is 0.00369. The number of esters is 1. The van der Waals surface area contributed by atoms with Crippen LogP contribution in [0.4, 0.5) is 0 Å². The van der Waals surface area contributed by atoms with Gasteiger partial charge in [-0.25, -0.2) is 0 Å². The van der Waals surface area contributed by atoms with Crippen LogP contribution in [-0.4, -0.2) is 75.2 Å². The molecule has 0 amide bonds. The second-order valence-electron chi connectivity index (χ2n) is 8.30. The summed E-state index contributed by atoms with van der Waals surface area (Å²) in [5, 5.41) is 3.62. The van der Waals surface area contributed by atoms with E-state index in [1.54, 1.807) is 7.11 Å². The number of ether oxygens (including phenoxy) is 2. The van der Waals surface area contributed by atoms with Crippen molar-refractivity contribution in [2.75, 3.05) is 53.5 Å². The molecule has 0 aromatic heterocycles. The number of nitrogens with zero attached hydrogens (tertiary/aromatic N) is 3. The molecule has 0 aliphatic carbocycles. The van der Waals surface area contributed by atoms with Crippen molar-refractivity contribution in [1.82, 2.24) is 15.1 Å². The van der Waals surface area contributed by atoms with Crippen molar-refractivity contribution < 1.29 is 14.3 Å². The monoisotopic (exact) mass is 430 g/mol. The van der Waals surface area contributed by atoms with Crippen LogP contribution in [0.2, 0.25) is 0 Å². The molecule has 2 heterocycles. The predicted molar refractivity (Wildman–Crippen MR) is 123 cm³/mol. The molecule has 172 valence electrons. The van der Waals surface area contributed by atoms with E-state index in [1.807, 2.05) is 26.1 Å². The van der Waals surface area contributed by atoms with Crippen LogP contribution in [0.15, 0.2) is 29.3 Å². The van der Waals surface area contributed by atoms with E-state index < -0.39 is 0 Å². The zero-order valence-corrected chi connectivity index (χ0v) is 19.3. The van der Waals surface area contributed by atoms with Gasteiger partial charge in [-0.3, -0.25) is 14.7 Å². The molecule has 1 aromatic carbocycles. The van der Waals surface area contributed by atoms with Gasteiger partial charge in [-0.1, -0.05) is 24.6 Å². The van der Waals surface area contributed by atoms with E-state index >= 15 is 0 Å². The molecule has 1 aromatic rings. The zero-order valence-electron chi connectivity index (χ0n) is 19.3. The van der Waals surface area contributed by atoms with E-state index in [2.05, 4.69) is 32.2 Å². The third kappa shape index (κ3) is 6.12. The summed E-state index contributed by atoms with van der Waals surface area (Å²) in [6, 6.07) is 8.55. The molecule has 1 N–H and O–H groups in total. The molecule has 2 fully saturated rings. The van der Waals surface area contributed by atoms with Gasteiger partial charge in [-0.05, 0) is 51.8 Å². The average molecular weight is 431 g/mol. The van der Waals surface area contributed by atoms with Crippen LogP contribution in [-0.2, 0) is 9.53 Å². The number of methoxy groups -OCH3 is 1. The Morgan fingerprint density at radius 2 is 1.87 bits per heavy atom. The second kappa shape index (κ2) is 11.9. The molecule has 1 unspecified atom stereocenters. The summed E-state index contributed by atoms with van der Waals surface area (Å²) in [7, 11) is 3.57. The number of carbonyl (C=O) groups excluding carboxylic acids is 1. The van der Waals surface area contributed by atoms with Crippen LogP contribution < -0.4 is 10.1 Å². The van der Waals surface area contributed by atoms with Crippen molar-refractivity contribution >= 4 is 11.9 Å². The van der Waals surface area contributed by atoms with Crippen LogP contribution in [0.25, 0.3) is 0 Å². The Hall–Kier alpha value is -2.28. The Labute approximate surface area is 186 Å². The molecule has 0 saturated carbocycles. The number of nitrogens with one attached hydrogen (secondary N) is 1. The van der Waals surface area contributed by atoms with Gasteiger partial charge in [0.2, 0.25) is 0 Å². The van der Waals surface area contributed by atoms with E-state index in [0.717, 1.165) is 57.3 Å². The predicted octanol–water partition coefficient (Wildman–Crippen LogP) is 3.07. The first-order valence-corrected chi connectivity index (χ1v) is 11.7. The van der Waals surface area contributed by atoms with Crippen molar-refractivity contribution in [1.29, 1.82) is 0 Å². The fourth-order valence-electron chi connectivity index (χ4n) is 4.71. The highest BCUT2D eigenvalue weighted by Crippen LogP contribution is 2.31. The number of likely N-dealkylation sites (tertiary alicyclic amines) is 2. The Bertz CT molecular complexity index is 725. The first kappa shape index (κ1) is 23.4. The lowest BCUT2D eigenvalue weighted by Crippen LogP contribution is -2.49. The van der Waals surface area contributed by atoms with Crippen LogP contribution in [0, 0.1) is 5.92 Å². The molecule has 7 heteroatoms. The molecule has 0 spiro atoms. The van der Waals surface area contributed by atoms with Crippen molar-refractivity contribution in [2.45, 2.75) is 45.1 Å². The molecule has 31 heavy (non-hydrogen) atoms. The van der Waals surface area contributed by atoms with Crippen LogP contribution >= 0.6 is 0 Å². The number of piperidine rings is 2. The highest BCUT2D eigenvalue weighted by molar-refractivity contribution is 5.80. The molecule has 2 saturated heterocycles. The molecule has 2 aliphatic heterocycles. The third-order valence-electron chi connectivity index (χ3n) is 6.41. The van der Waals surface area contributed by atoms with Crippen LogP contribution in [0.5, 0.6) is 5.75 Å². The van der Waals surface area contributed by atoms with Crippen LogP contribution in [0.1, 0.15) is 50.6 Å². The molecule has 3 rings (SSSR count). The maximum atomic E-state index is 12.0. The minimum Gasteiger partial charge on any atom is -0.496 e. The maximum Gasteiger partial charge on any atom is 0.309 e. The van der Waals surface area contributed by atoms with Crippen LogP contribution in [0.3, 0.4) is 0 Å². The number of hydrogen-bond donors (Lipinski definition) is 1.